The number of carbonyl (C=O) groups excluding carboxylic acids is 2. The molecule has 1 aliphatic rings. The fourth-order valence-corrected chi connectivity index (χ4v) is 3.54. The molecule has 9 heteroatoms. The summed E-state index contributed by atoms with van der Waals surface area (Å²) < 4.78 is 21.3. The van der Waals surface area contributed by atoms with Gasteiger partial charge in [-0.05, 0) is 42.0 Å². The van der Waals surface area contributed by atoms with E-state index in [9.17, 15) is 14.0 Å². The number of carbonyl (C=O) groups is 2. The molecule has 0 saturated carbocycles. The molecule has 0 atom stereocenters. The summed E-state index contributed by atoms with van der Waals surface area (Å²) in [4.78, 5) is 27.0. The molecule has 0 unspecified atom stereocenters. The van der Waals surface area contributed by atoms with E-state index in [2.05, 4.69) is 20.6 Å². The van der Waals surface area contributed by atoms with Gasteiger partial charge >= 0.3 is 0 Å². The van der Waals surface area contributed by atoms with Crippen LogP contribution in [0.4, 0.5) is 15.8 Å². The highest BCUT2D eigenvalue weighted by Crippen LogP contribution is 2.21. The van der Waals surface area contributed by atoms with Crippen molar-refractivity contribution in [3.05, 3.63) is 77.9 Å². The molecule has 2 heterocycles. The number of amides is 2. The Bertz CT molecular complexity index is 1080. The number of rotatable bonds is 8. The average molecular weight is 452 g/mol. The highest BCUT2D eigenvalue weighted by atomic mass is 19.1. The summed E-state index contributed by atoms with van der Waals surface area (Å²) in [6, 6.07) is 13.1. The molecule has 0 aliphatic carbocycles. The van der Waals surface area contributed by atoms with Crippen LogP contribution >= 0.6 is 0 Å². The minimum absolute atomic E-state index is 0.0364. The molecule has 172 valence electrons. The Morgan fingerprint density at radius 3 is 2.58 bits per heavy atom. The monoisotopic (exact) mass is 451 g/mol. The molecular weight excluding hydrogens is 425 g/mol. The second-order valence-corrected chi connectivity index (χ2v) is 7.80. The van der Waals surface area contributed by atoms with Gasteiger partial charge in [-0.1, -0.05) is 12.1 Å². The van der Waals surface area contributed by atoms with Crippen LogP contribution in [0.5, 0.6) is 0 Å². The maximum absolute atomic E-state index is 14.2. The first-order valence-electron chi connectivity index (χ1n) is 10.8. The highest BCUT2D eigenvalue weighted by molar-refractivity contribution is 6.04. The lowest BCUT2D eigenvalue weighted by atomic mass is 10.1. The fraction of sp³-hybridized carbons (Fsp3) is 0.292. The van der Waals surface area contributed by atoms with E-state index in [-0.39, 0.29) is 23.9 Å². The van der Waals surface area contributed by atoms with Gasteiger partial charge in [0, 0.05) is 49.7 Å². The van der Waals surface area contributed by atoms with Crippen LogP contribution in [0.25, 0.3) is 0 Å². The number of nitrogens with one attached hydrogen (secondary N) is 2. The summed E-state index contributed by atoms with van der Waals surface area (Å²) in [6.07, 6.45) is 3.83. The van der Waals surface area contributed by atoms with Gasteiger partial charge < -0.3 is 15.4 Å². The van der Waals surface area contributed by atoms with Crippen molar-refractivity contribution in [1.82, 2.24) is 14.7 Å². The Labute approximate surface area is 191 Å². The maximum Gasteiger partial charge on any atom is 0.255 e. The molecule has 1 aliphatic heterocycles. The normalized spacial score (nSPS) is 14.1. The quantitative estimate of drug-likeness (QED) is 0.550. The second-order valence-electron chi connectivity index (χ2n) is 7.80. The van der Waals surface area contributed by atoms with E-state index in [4.69, 9.17) is 4.74 Å². The zero-order valence-electron chi connectivity index (χ0n) is 18.2. The minimum Gasteiger partial charge on any atom is -0.379 e. The van der Waals surface area contributed by atoms with Crippen LogP contribution < -0.4 is 10.6 Å². The molecule has 0 spiro atoms. The van der Waals surface area contributed by atoms with E-state index in [1.807, 2.05) is 24.4 Å². The van der Waals surface area contributed by atoms with Crippen molar-refractivity contribution in [1.29, 1.82) is 0 Å². The van der Waals surface area contributed by atoms with Crippen LogP contribution in [0.15, 0.2) is 60.9 Å². The molecule has 1 fully saturated rings. The zero-order valence-corrected chi connectivity index (χ0v) is 18.2. The number of halogens is 1. The molecule has 1 saturated heterocycles. The summed E-state index contributed by atoms with van der Waals surface area (Å²) in [7, 11) is 0. The largest absolute Gasteiger partial charge is 0.379 e. The van der Waals surface area contributed by atoms with E-state index in [1.54, 1.807) is 23.0 Å². The van der Waals surface area contributed by atoms with E-state index < -0.39 is 5.82 Å². The van der Waals surface area contributed by atoms with Gasteiger partial charge in [0.2, 0.25) is 5.91 Å². The van der Waals surface area contributed by atoms with Gasteiger partial charge in [-0.3, -0.25) is 19.2 Å². The van der Waals surface area contributed by atoms with Gasteiger partial charge in [-0.2, -0.15) is 5.10 Å². The van der Waals surface area contributed by atoms with E-state index >= 15 is 0 Å². The van der Waals surface area contributed by atoms with Crippen LogP contribution in [0.1, 0.15) is 22.3 Å². The third kappa shape index (κ3) is 6.47. The number of nitrogens with zero attached hydrogens (tertiary/aromatic N) is 3. The number of hydrogen-bond donors (Lipinski definition) is 2. The molecule has 1 aromatic heterocycles. The molecule has 8 nitrogen and oxygen atoms in total. The number of ether oxygens (including phenoxy) is 1. The number of anilines is 2. The SMILES string of the molecule is O=C(CCN1CCOCC1)Nc1cc(NC(=O)c2ccc(Cn3cccn3)cc2)ccc1F. The van der Waals surface area contributed by atoms with Gasteiger partial charge in [0.15, 0.2) is 0 Å². The predicted molar refractivity (Wildman–Crippen MR) is 123 cm³/mol. The molecule has 0 bridgehead atoms. The summed E-state index contributed by atoms with van der Waals surface area (Å²) in [5, 5.41) is 9.52. The number of benzene rings is 2. The van der Waals surface area contributed by atoms with Crippen molar-refractivity contribution in [2.45, 2.75) is 13.0 Å². The Balaban J connectivity index is 1.32. The average Bonchev–Trinajstić information content (AvgIpc) is 3.34. The van der Waals surface area contributed by atoms with Crippen molar-refractivity contribution in [2.24, 2.45) is 0 Å². The lowest BCUT2D eigenvalue weighted by Gasteiger charge is -2.26. The zero-order chi connectivity index (χ0) is 23.0. The molecule has 2 aromatic carbocycles. The smallest absolute Gasteiger partial charge is 0.255 e. The molecular formula is C24H26FN5O3. The lowest BCUT2D eigenvalue weighted by molar-refractivity contribution is -0.116. The fourth-order valence-electron chi connectivity index (χ4n) is 3.54. The van der Waals surface area contributed by atoms with Gasteiger partial charge in [0.05, 0.1) is 25.4 Å². The van der Waals surface area contributed by atoms with Crippen LogP contribution in [-0.4, -0.2) is 59.3 Å². The van der Waals surface area contributed by atoms with Crippen molar-refractivity contribution in [2.75, 3.05) is 43.5 Å². The predicted octanol–water partition coefficient (Wildman–Crippen LogP) is 2.98. The van der Waals surface area contributed by atoms with Crippen LogP contribution in [0, 0.1) is 5.82 Å². The van der Waals surface area contributed by atoms with Gasteiger partial charge in [-0.25, -0.2) is 4.39 Å². The number of aromatic nitrogens is 2. The summed E-state index contributed by atoms with van der Waals surface area (Å²) >= 11 is 0. The molecule has 4 rings (SSSR count). The maximum atomic E-state index is 14.2. The van der Waals surface area contributed by atoms with E-state index in [0.29, 0.717) is 37.6 Å². The standard InChI is InChI=1S/C24H26FN5O3/c25-21-7-6-20(16-22(21)28-23(31)8-11-29-12-14-33-15-13-29)27-24(32)19-4-2-18(3-5-19)17-30-10-1-9-26-30/h1-7,9-10,16H,8,11-15,17H2,(H,27,32)(H,28,31). The molecule has 2 amide bonds. The lowest BCUT2D eigenvalue weighted by Crippen LogP contribution is -2.38. The first-order chi connectivity index (χ1) is 16.1. The first-order valence-corrected chi connectivity index (χ1v) is 10.8. The Kier molecular flexibility index (Phi) is 7.43. The highest BCUT2D eigenvalue weighted by Gasteiger charge is 2.14. The Morgan fingerprint density at radius 1 is 1.06 bits per heavy atom. The minimum atomic E-state index is -0.560. The van der Waals surface area contributed by atoms with Crippen LogP contribution in [0.2, 0.25) is 0 Å². The number of hydrogen-bond acceptors (Lipinski definition) is 5. The third-order valence-electron chi connectivity index (χ3n) is 5.38. The summed E-state index contributed by atoms with van der Waals surface area (Å²) in [6.45, 7) is 4.09. The van der Waals surface area contributed by atoms with E-state index in [0.717, 1.165) is 18.7 Å². The Hall–Kier alpha value is -3.56. The molecule has 0 radical (unpaired) electrons. The van der Waals surface area contributed by atoms with Crippen molar-refractivity contribution in [3.63, 3.8) is 0 Å². The Morgan fingerprint density at radius 2 is 1.85 bits per heavy atom. The van der Waals surface area contributed by atoms with Crippen LogP contribution in [-0.2, 0) is 16.1 Å². The third-order valence-corrected chi connectivity index (χ3v) is 5.38. The van der Waals surface area contributed by atoms with Crippen molar-refractivity contribution >= 4 is 23.2 Å². The topological polar surface area (TPSA) is 88.5 Å². The van der Waals surface area contributed by atoms with Crippen molar-refractivity contribution < 1.29 is 18.7 Å². The van der Waals surface area contributed by atoms with Gasteiger partial charge in [0.1, 0.15) is 5.82 Å². The van der Waals surface area contributed by atoms with E-state index in [1.165, 1.54) is 18.2 Å². The first kappa shape index (κ1) is 22.6. The van der Waals surface area contributed by atoms with Gasteiger partial charge in [-0.15, -0.1) is 0 Å². The second kappa shape index (κ2) is 10.8. The molecule has 3 aromatic rings. The molecule has 33 heavy (non-hydrogen) atoms. The summed E-state index contributed by atoms with van der Waals surface area (Å²) in [5.41, 5.74) is 1.92. The van der Waals surface area contributed by atoms with Gasteiger partial charge in [0.25, 0.3) is 5.91 Å². The van der Waals surface area contributed by atoms with Crippen molar-refractivity contribution in [3.8, 4) is 0 Å². The van der Waals surface area contributed by atoms with Crippen LogP contribution in [0.3, 0.4) is 0 Å². The molecule has 2 N–H and O–H groups in total. The summed E-state index contributed by atoms with van der Waals surface area (Å²) in [5.74, 6) is -1.16. The number of morpholine rings is 1.